The van der Waals surface area contributed by atoms with Crippen LogP contribution in [0.2, 0.25) is 0 Å². The summed E-state index contributed by atoms with van der Waals surface area (Å²) in [5.41, 5.74) is 14.2. The van der Waals surface area contributed by atoms with Crippen LogP contribution in [0.25, 0.3) is 44.4 Å². The number of benzene rings is 6. The van der Waals surface area contributed by atoms with Gasteiger partial charge < -0.3 is 19.4 Å². The van der Waals surface area contributed by atoms with E-state index in [1.807, 2.05) is 56.6 Å². The second kappa shape index (κ2) is 16.2. The zero-order valence-corrected chi connectivity index (χ0v) is 38.1. The van der Waals surface area contributed by atoms with E-state index in [0.29, 0.717) is 0 Å². The Labute approximate surface area is 372 Å². The number of rotatable bonds is 3. The topological polar surface area (TPSA) is 44.2 Å². The molecular weight excluding hydrogens is 931 g/mol. The van der Waals surface area contributed by atoms with E-state index >= 15 is 0 Å². The first-order chi connectivity index (χ1) is 28.7. The first-order valence-corrected chi connectivity index (χ1v) is 20.5. The van der Waals surface area contributed by atoms with Crippen LogP contribution in [-0.2, 0) is 30.9 Å². The number of hydrogen-bond donors (Lipinski definition) is 0. The van der Waals surface area contributed by atoms with E-state index < -0.39 is 0 Å². The van der Waals surface area contributed by atoms with E-state index in [9.17, 15) is 4.39 Å². The van der Waals surface area contributed by atoms with Crippen molar-refractivity contribution in [2.24, 2.45) is 0 Å². The van der Waals surface area contributed by atoms with E-state index in [-0.39, 0.29) is 43.5 Å². The van der Waals surface area contributed by atoms with Gasteiger partial charge in [0.1, 0.15) is 23.0 Å². The van der Waals surface area contributed by atoms with Crippen molar-refractivity contribution in [3.63, 3.8) is 0 Å². The minimum atomic E-state index is -0.275. The van der Waals surface area contributed by atoms with E-state index in [0.717, 1.165) is 78.4 Å². The fourth-order valence-electron chi connectivity index (χ4n) is 8.03. The maximum absolute atomic E-state index is 12.7. The molecule has 0 atom stereocenters. The fourth-order valence-corrected chi connectivity index (χ4v) is 8.03. The molecule has 61 heavy (non-hydrogen) atoms. The van der Waals surface area contributed by atoms with Gasteiger partial charge in [-0.3, -0.25) is 4.39 Å². The van der Waals surface area contributed by atoms with Crippen molar-refractivity contribution in [1.82, 2.24) is 9.97 Å². The molecule has 0 bridgehead atoms. The van der Waals surface area contributed by atoms with Crippen molar-refractivity contribution < 1.29 is 34.0 Å². The minimum Gasteiger partial charge on any atom is -0.458 e. The zero-order chi connectivity index (χ0) is 41.9. The fraction of sp³-hybridized carbons (Fsp3) is 0.185. The normalized spacial score (nSPS) is 12.4. The van der Waals surface area contributed by atoms with E-state index in [1.54, 1.807) is 6.07 Å². The Balaban J connectivity index is 0.000000272. The molecule has 2 aliphatic heterocycles. The molecule has 0 saturated carbocycles. The third-order valence-corrected chi connectivity index (χ3v) is 11.7. The average Bonchev–Trinajstić information content (AvgIpc) is 3.24. The number of nitrogens with zero attached hydrogens (tertiary/aromatic N) is 2. The van der Waals surface area contributed by atoms with Gasteiger partial charge in [0.05, 0.1) is 0 Å². The van der Waals surface area contributed by atoms with Crippen molar-refractivity contribution in [3.8, 4) is 56.6 Å². The van der Waals surface area contributed by atoms with Crippen LogP contribution in [0.1, 0.15) is 63.8 Å². The Bertz CT molecular complexity index is 2910. The summed E-state index contributed by atoms with van der Waals surface area (Å²) in [5, 5.41) is 2.16. The van der Waals surface area contributed by atoms with Gasteiger partial charge in [0, 0.05) is 49.2 Å². The van der Waals surface area contributed by atoms with Crippen molar-refractivity contribution in [3.05, 3.63) is 174 Å². The van der Waals surface area contributed by atoms with E-state index in [2.05, 4.69) is 136 Å². The summed E-state index contributed by atoms with van der Waals surface area (Å²) >= 11 is 0. The minimum absolute atomic E-state index is 0. The van der Waals surface area contributed by atoms with Crippen LogP contribution in [0.4, 0.5) is 4.39 Å². The Morgan fingerprint density at radius 2 is 1.28 bits per heavy atom. The molecular formula is C54H46BFIrN2O2-2. The number of aryl methyl sites for hydroxylation is 2. The van der Waals surface area contributed by atoms with Crippen LogP contribution in [0, 0.1) is 31.8 Å². The van der Waals surface area contributed by atoms with Gasteiger partial charge >= 0.3 is 0 Å². The second-order valence-corrected chi connectivity index (χ2v) is 18.0. The van der Waals surface area contributed by atoms with Gasteiger partial charge in [0.2, 0.25) is 0 Å². The van der Waals surface area contributed by atoms with Gasteiger partial charge in [0.25, 0.3) is 6.71 Å². The smallest absolute Gasteiger partial charge is 0.260 e. The Morgan fingerprint density at radius 3 is 1.92 bits per heavy atom. The Hall–Kier alpha value is -5.88. The van der Waals surface area contributed by atoms with Crippen LogP contribution in [0.5, 0.6) is 23.0 Å². The third kappa shape index (κ3) is 8.17. The molecule has 2 aliphatic rings. The average molecular weight is 977 g/mol. The van der Waals surface area contributed by atoms with Gasteiger partial charge in [-0.25, -0.2) is 0 Å². The molecule has 1 radical (unpaired) electrons. The first-order valence-electron chi connectivity index (χ1n) is 20.5. The quantitative estimate of drug-likeness (QED) is 0.131. The monoisotopic (exact) mass is 977 g/mol. The molecule has 305 valence electrons. The predicted octanol–water partition coefficient (Wildman–Crippen LogP) is 12.0. The standard InChI is InChI=1S/C41H35BNO2.C13H11FN.Ir/c1-40(2,3)29-13-16-35-32(23-29)42-33-24-30(41(4,5)6)14-17-36(33)45-39-31-15-12-26(20-28(31)22-37(44-35)38(39)42)27-18-19-43-34(21-27)25-10-8-7-9-11-25;1-9-7-13(15-8-10(9)2)11-3-5-12(14)6-4-11;/h7-10,12-24H,1-6H3;3,5-8H,1-2H3;/q2*-1;. The van der Waals surface area contributed by atoms with E-state index in [4.69, 9.17) is 9.47 Å². The number of hydrogen-bond acceptors (Lipinski definition) is 4. The second-order valence-electron chi connectivity index (χ2n) is 18.0. The molecule has 0 N–H and O–H groups in total. The van der Waals surface area contributed by atoms with Crippen LogP contribution < -0.4 is 25.9 Å². The molecule has 4 heterocycles. The maximum Gasteiger partial charge on any atom is 0.260 e. The van der Waals surface area contributed by atoms with Gasteiger partial charge in [-0.2, -0.15) is 0 Å². The van der Waals surface area contributed by atoms with Crippen molar-refractivity contribution in [2.75, 3.05) is 0 Å². The first kappa shape index (κ1) is 41.8. The Kier molecular flexibility index (Phi) is 11.1. The summed E-state index contributed by atoms with van der Waals surface area (Å²) < 4.78 is 26.3. The summed E-state index contributed by atoms with van der Waals surface area (Å²) in [6.45, 7) is 17.7. The van der Waals surface area contributed by atoms with Gasteiger partial charge in [-0.05, 0) is 111 Å². The van der Waals surface area contributed by atoms with Crippen LogP contribution >= 0.6 is 0 Å². The number of fused-ring (bicyclic) bond motifs is 6. The summed E-state index contributed by atoms with van der Waals surface area (Å²) in [7, 11) is 0. The SMILES string of the molecule is CC(C)(C)c1ccc2c(c1)B1c3cc(C(C)(C)C)ccc3Oc3c1c(cc1cc(-c4ccnc(-c5[c-]cccc5)c4)ccc31)O2.Cc1cnc(-c2[c-]cc(F)cc2)cc1C.[Ir]. The third-order valence-electron chi connectivity index (χ3n) is 11.7. The number of pyridine rings is 2. The van der Waals surface area contributed by atoms with Gasteiger partial charge in [-0.1, -0.05) is 95.6 Å². The molecule has 0 amide bonds. The molecule has 0 aliphatic carbocycles. The summed E-state index contributed by atoms with van der Waals surface area (Å²) in [4.78, 5) is 8.90. The van der Waals surface area contributed by atoms with Gasteiger partial charge in [-0.15, -0.1) is 65.7 Å². The molecule has 7 heteroatoms. The molecule has 8 aromatic rings. The van der Waals surface area contributed by atoms with Crippen molar-refractivity contribution in [2.45, 2.75) is 66.2 Å². The van der Waals surface area contributed by atoms with E-state index in [1.165, 1.54) is 39.7 Å². The molecule has 4 nitrogen and oxygen atoms in total. The van der Waals surface area contributed by atoms with Crippen LogP contribution in [0.15, 0.2) is 134 Å². The number of aromatic nitrogens is 2. The summed E-state index contributed by atoms with van der Waals surface area (Å²) in [5.74, 6) is 3.29. The van der Waals surface area contributed by atoms with Crippen LogP contribution in [0.3, 0.4) is 0 Å². The summed E-state index contributed by atoms with van der Waals surface area (Å²) in [6.07, 6.45) is 3.69. The molecule has 6 aromatic carbocycles. The largest absolute Gasteiger partial charge is 0.458 e. The number of ether oxygens (including phenoxy) is 2. The molecule has 2 aromatic heterocycles. The summed E-state index contributed by atoms with van der Waals surface area (Å²) in [6, 6.07) is 47.0. The maximum atomic E-state index is 12.7. The zero-order valence-electron chi connectivity index (χ0n) is 35.7. The molecule has 0 saturated heterocycles. The molecule has 0 fully saturated rings. The predicted molar refractivity (Wildman–Crippen MR) is 244 cm³/mol. The van der Waals surface area contributed by atoms with Gasteiger partial charge in [0.15, 0.2) is 0 Å². The molecule has 0 unspecified atom stereocenters. The van der Waals surface area contributed by atoms with Crippen molar-refractivity contribution in [1.29, 1.82) is 0 Å². The molecule has 0 spiro atoms. The number of halogens is 1. The van der Waals surface area contributed by atoms with Crippen LogP contribution in [-0.4, -0.2) is 16.7 Å². The van der Waals surface area contributed by atoms with Crippen molar-refractivity contribution >= 4 is 33.9 Å². The molecule has 10 rings (SSSR count). The Morgan fingerprint density at radius 1 is 0.607 bits per heavy atom.